The topological polar surface area (TPSA) is 97.0 Å². The molecule has 6 nitrogen and oxygen atoms in total. The Balaban J connectivity index is 0.000000424. The lowest BCUT2D eigenvalue weighted by Crippen LogP contribution is -1.91. The smallest absolute Gasteiger partial charge is 0.358 e. The van der Waals surface area contributed by atoms with Gasteiger partial charge in [0.25, 0.3) is 0 Å². The molecule has 1 N–H and O–H groups in total. The van der Waals surface area contributed by atoms with E-state index >= 15 is 0 Å². The first-order valence-electron chi connectivity index (χ1n) is 2.92. The second-order valence-electron chi connectivity index (χ2n) is 1.67. The van der Waals surface area contributed by atoms with Crippen LogP contribution in [0.1, 0.15) is 0 Å². The highest BCUT2D eigenvalue weighted by Gasteiger charge is 2.10. The van der Waals surface area contributed by atoms with Gasteiger partial charge in [0.2, 0.25) is 6.08 Å². The number of hydrogen-bond acceptors (Lipinski definition) is 5. The van der Waals surface area contributed by atoms with E-state index in [0.717, 1.165) is 6.08 Å². The number of isocyanates is 1. The van der Waals surface area contributed by atoms with Crippen LogP contribution in [0.25, 0.3) is 0 Å². The van der Waals surface area contributed by atoms with E-state index in [-0.39, 0.29) is 10.8 Å². The molecule has 0 atom stereocenters. The minimum Gasteiger partial charge on any atom is -0.358 e. The zero-order chi connectivity index (χ0) is 10.3. The molecule has 0 amide bonds. The zero-order valence-corrected chi connectivity index (χ0v) is 6.99. The standard InChI is InChI=1S/C5H3ClN2O2.CHNO/c6-4-2-1-3-7-5(4)8(9)10;2-1-3/h1-3H;2H. The molecule has 1 rings (SSSR count). The van der Waals surface area contributed by atoms with Gasteiger partial charge in [0.05, 0.1) is 0 Å². The summed E-state index contributed by atoms with van der Waals surface area (Å²) in [5, 5.41) is 15.5. The van der Waals surface area contributed by atoms with E-state index in [1.165, 1.54) is 18.3 Å². The van der Waals surface area contributed by atoms with E-state index in [9.17, 15) is 10.1 Å². The van der Waals surface area contributed by atoms with Gasteiger partial charge in [-0.2, -0.15) is 0 Å². The molecule has 0 aliphatic rings. The first-order chi connectivity index (χ1) is 6.13. The molecule has 1 aromatic rings. The number of pyridine rings is 1. The van der Waals surface area contributed by atoms with Gasteiger partial charge in [-0.25, -0.2) is 10.2 Å². The van der Waals surface area contributed by atoms with Gasteiger partial charge in [0, 0.05) is 0 Å². The van der Waals surface area contributed by atoms with Gasteiger partial charge in [0.1, 0.15) is 11.2 Å². The zero-order valence-electron chi connectivity index (χ0n) is 6.23. The molecule has 0 saturated carbocycles. The predicted octanol–water partition coefficient (Wildman–Crippen LogP) is 1.54. The third-order valence-electron chi connectivity index (χ3n) is 0.912. The minimum atomic E-state index is -0.623. The van der Waals surface area contributed by atoms with Crippen LogP contribution in [0.5, 0.6) is 0 Å². The van der Waals surface area contributed by atoms with E-state index in [4.69, 9.17) is 21.8 Å². The Hall–Kier alpha value is -1.78. The first-order valence-corrected chi connectivity index (χ1v) is 3.30. The lowest BCUT2D eigenvalue weighted by Gasteiger charge is -1.90. The molecular weight excluding hydrogens is 198 g/mol. The van der Waals surface area contributed by atoms with Crippen molar-refractivity contribution < 1.29 is 9.72 Å². The molecule has 0 fully saturated rings. The van der Waals surface area contributed by atoms with Crippen LogP contribution in [0.3, 0.4) is 0 Å². The van der Waals surface area contributed by atoms with Crippen molar-refractivity contribution in [3.8, 4) is 0 Å². The van der Waals surface area contributed by atoms with Gasteiger partial charge < -0.3 is 10.1 Å². The quantitative estimate of drug-likeness (QED) is 0.323. The Kier molecular flexibility index (Phi) is 5.02. The molecule has 1 aromatic heterocycles. The van der Waals surface area contributed by atoms with Crippen molar-refractivity contribution in [2.75, 3.05) is 0 Å². The Morgan fingerprint density at radius 2 is 2.23 bits per heavy atom. The monoisotopic (exact) mass is 201 g/mol. The first kappa shape index (κ1) is 11.2. The van der Waals surface area contributed by atoms with Crippen LogP contribution >= 0.6 is 11.6 Å². The number of nitrogens with zero attached hydrogens (tertiary/aromatic N) is 2. The lowest BCUT2D eigenvalue weighted by molar-refractivity contribution is -0.389. The summed E-state index contributed by atoms with van der Waals surface area (Å²) in [6.45, 7) is 0. The van der Waals surface area contributed by atoms with Crippen molar-refractivity contribution in [2.24, 2.45) is 0 Å². The van der Waals surface area contributed by atoms with Crippen LogP contribution < -0.4 is 0 Å². The molecule has 0 spiro atoms. The van der Waals surface area contributed by atoms with Gasteiger partial charge in [-0.3, -0.25) is 0 Å². The number of nitrogens with one attached hydrogen (secondary N) is 1. The molecule has 0 unspecified atom stereocenters. The normalized spacial score (nSPS) is 7.77. The Morgan fingerprint density at radius 1 is 1.69 bits per heavy atom. The van der Waals surface area contributed by atoms with Crippen LogP contribution in [0.4, 0.5) is 5.82 Å². The molecule has 7 heteroatoms. The average Bonchev–Trinajstić information content (AvgIpc) is 2.06. The number of nitro groups is 1. The number of rotatable bonds is 1. The summed E-state index contributed by atoms with van der Waals surface area (Å²) in [7, 11) is 0. The fourth-order valence-electron chi connectivity index (χ4n) is 0.512. The fourth-order valence-corrected chi connectivity index (χ4v) is 0.702. The molecule has 1 heterocycles. The summed E-state index contributed by atoms with van der Waals surface area (Å²) < 4.78 is 0. The number of aromatic nitrogens is 1. The van der Waals surface area contributed by atoms with Crippen LogP contribution in [-0.4, -0.2) is 16.0 Å². The van der Waals surface area contributed by atoms with Crippen LogP contribution in [-0.2, 0) is 4.79 Å². The molecule has 13 heavy (non-hydrogen) atoms. The van der Waals surface area contributed by atoms with Gasteiger partial charge in [-0.1, -0.05) is 11.6 Å². The van der Waals surface area contributed by atoms with E-state index < -0.39 is 4.92 Å². The minimum absolute atomic E-state index is 0.0625. The molecule has 0 aliphatic carbocycles. The van der Waals surface area contributed by atoms with Crippen LogP contribution in [0, 0.1) is 15.5 Å². The molecule has 0 saturated heterocycles. The maximum Gasteiger partial charge on any atom is 0.382 e. The number of hydrogen-bond donors (Lipinski definition) is 1. The second kappa shape index (κ2) is 5.82. The average molecular weight is 202 g/mol. The summed E-state index contributed by atoms with van der Waals surface area (Å²) in [6, 6.07) is 2.96. The summed E-state index contributed by atoms with van der Waals surface area (Å²) >= 11 is 5.42. The van der Waals surface area contributed by atoms with E-state index in [2.05, 4.69) is 4.98 Å². The van der Waals surface area contributed by atoms with E-state index in [1.54, 1.807) is 0 Å². The molecule has 0 radical (unpaired) electrons. The van der Waals surface area contributed by atoms with Gasteiger partial charge in [-0.05, 0) is 22.0 Å². The van der Waals surface area contributed by atoms with E-state index in [1.807, 2.05) is 0 Å². The highest BCUT2D eigenvalue weighted by atomic mass is 35.5. The van der Waals surface area contributed by atoms with Gasteiger partial charge in [0.15, 0.2) is 0 Å². The van der Waals surface area contributed by atoms with Crippen molar-refractivity contribution in [1.82, 2.24) is 4.98 Å². The van der Waals surface area contributed by atoms with Crippen molar-refractivity contribution in [3.63, 3.8) is 0 Å². The second-order valence-corrected chi connectivity index (χ2v) is 2.08. The van der Waals surface area contributed by atoms with Crippen LogP contribution in [0.15, 0.2) is 18.3 Å². The van der Waals surface area contributed by atoms with Crippen molar-refractivity contribution in [2.45, 2.75) is 0 Å². The maximum atomic E-state index is 10.1. The molecule has 0 aliphatic heterocycles. The molecule has 0 bridgehead atoms. The Morgan fingerprint density at radius 3 is 2.54 bits per heavy atom. The third-order valence-corrected chi connectivity index (χ3v) is 1.21. The summed E-state index contributed by atoms with van der Waals surface area (Å²) in [5.74, 6) is -0.302. The van der Waals surface area contributed by atoms with Gasteiger partial charge in [-0.15, -0.1) is 0 Å². The predicted molar refractivity (Wildman–Crippen MR) is 44.3 cm³/mol. The van der Waals surface area contributed by atoms with Crippen LogP contribution in [0.2, 0.25) is 5.02 Å². The number of carbonyl (C=O) groups excluding carboxylic acids is 1. The van der Waals surface area contributed by atoms with Crippen molar-refractivity contribution in [3.05, 3.63) is 33.5 Å². The van der Waals surface area contributed by atoms with E-state index in [0.29, 0.717) is 0 Å². The highest BCUT2D eigenvalue weighted by Crippen LogP contribution is 2.18. The highest BCUT2D eigenvalue weighted by molar-refractivity contribution is 6.32. The van der Waals surface area contributed by atoms with Crippen molar-refractivity contribution in [1.29, 1.82) is 5.41 Å². The third kappa shape index (κ3) is 3.95. The fraction of sp³-hybridized carbons (Fsp3) is 0. The molecule has 0 aromatic carbocycles. The molecular formula is C6H4ClN3O3. The maximum absolute atomic E-state index is 10.1. The Labute approximate surface area is 77.8 Å². The lowest BCUT2D eigenvalue weighted by atomic mass is 10.5. The van der Waals surface area contributed by atoms with Crippen molar-refractivity contribution >= 4 is 23.5 Å². The Bertz CT molecular complexity index is 336. The summed E-state index contributed by atoms with van der Waals surface area (Å²) in [4.78, 5) is 21.3. The largest absolute Gasteiger partial charge is 0.382 e. The van der Waals surface area contributed by atoms with Gasteiger partial charge >= 0.3 is 5.82 Å². The number of halogens is 1. The molecule has 68 valence electrons. The summed E-state index contributed by atoms with van der Waals surface area (Å²) in [5.41, 5.74) is 0. The SMILES string of the molecule is N=C=O.O=[N+]([O-])c1ncccc1Cl. The summed E-state index contributed by atoms with van der Waals surface area (Å²) in [6.07, 6.45) is 2.07.